The molecule has 11 rings (SSSR count). The van der Waals surface area contributed by atoms with Crippen LogP contribution in [0, 0.1) is 47.3 Å². The third kappa shape index (κ3) is 4.69. The Labute approximate surface area is 290 Å². The third-order valence-electron chi connectivity index (χ3n) is 12.2. The fraction of sp³-hybridized carbons (Fsp3) is 0.444. The lowest BCUT2D eigenvalue weighted by atomic mass is 9.40. The molecule has 2 aromatic heterocycles. The summed E-state index contributed by atoms with van der Waals surface area (Å²) in [5.41, 5.74) is 3.44. The number of amides is 4. The molecule has 4 aliphatic carbocycles. The molecule has 50 heavy (non-hydrogen) atoms. The van der Waals surface area contributed by atoms with Crippen LogP contribution in [-0.4, -0.2) is 67.3 Å². The van der Waals surface area contributed by atoms with Gasteiger partial charge in [-0.25, -0.2) is 9.59 Å². The number of aryl methyl sites for hydroxylation is 1. The van der Waals surface area contributed by atoms with Gasteiger partial charge in [0, 0.05) is 30.7 Å². The number of nitrogens with one attached hydrogen (secondary N) is 4. The summed E-state index contributed by atoms with van der Waals surface area (Å²) in [6.45, 7) is 3.53. The maximum absolute atomic E-state index is 12.5. The molecule has 0 radical (unpaired) electrons. The van der Waals surface area contributed by atoms with Crippen LogP contribution in [0.1, 0.15) is 25.3 Å². The van der Waals surface area contributed by atoms with E-state index in [4.69, 9.17) is 11.6 Å². The largest absolute Gasteiger partial charge is 0.326 e. The molecule has 5 fully saturated rings. The van der Waals surface area contributed by atoms with Gasteiger partial charge < -0.3 is 14.9 Å². The first-order chi connectivity index (χ1) is 24.2. The Hall–Kier alpha value is -4.75. The van der Waals surface area contributed by atoms with Crippen LogP contribution in [0.15, 0.2) is 64.2 Å². The zero-order valence-electron chi connectivity index (χ0n) is 27.0. The molecule has 3 saturated heterocycles. The van der Waals surface area contributed by atoms with Gasteiger partial charge in [-0.1, -0.05) is 35.9 Å². The maximum atomic E-state index is 12.5. The van der Waals surface area contributed by atoms with Crippen molar-refractivity contribution in [3.63, 3.8) is 0 Å². The van der Waals surface area contributed by atoms with Crippen molar-refractivity contribution in [1.29, 1.82) is 0 Å². The van der Waals surface area contributed by atoms with Gasteiger partial charge in [-0.05, 0) is 79.8 Å². The highest BCUT2D eigenvalue weighted by atomic mass is 35.5. The summed E-state index contributed by atoms with van der Waals surface area (Å²) in [5.74, 6) is -2.21. The fourth-order valence-electron chi connectivity index (χ4n) is 10.1. The molecule has 3 aliphatic heterocycles. The predicted octanol–water partition coefficient (Wildman–Crippen LogP) is 2.18. The van der Waals surface area contributed by atoms with E-state index >= 15 is 0 Å². The molecule has 5 heterocycles. The number of halogens is 1. The van der Waals surface area contributed by atoms with Gasteiger partial charge in [0.25, 0.3) is 0 Å². The number of aromatic amines is 2. The van der Waals surface area contributed by atoms with Crippen LogP contribution in [0.25, 0.3) is 22.1 Å². The van der Waals surface area contributed by atoms with Crippen LogP contribution in [0.4, 0.5) is 0 Å². The Morgan fingerprint density at radius 3 is 1.92 bits per heavy atom. The zero-order valence-corrected chi connectivity index (χ0v) is 27.8. The van der Waals surface area contributed by atoms with Crippen LogP contribution in [-0.2, 0) is 25.7 Å². The summed E-state index contributed by atoms with van der Waals surface area (Å²) in [7, 11) is 0. The van der Waals surface area contributed by atoms with Gasteiger partial charge in [-0.3, -0.25) is 38.9 Å². The van der Waals surface area contributed by atoms with Crippen LogP contribution in [0.2, 0.25) is 5.02 Å². The highest BCUT2D eigenvalue weighted by Gasteiger charge is 2.72. The summed E-state index contributed by atoms with van der Waals surface area (Å²) in [4.78, 5) is 80.7. The second-order valence-corrected chi connectivity index (χ2v) is 14.9. The van der Waals surface area contributed by atoms with Gasteiger partial charge in [0.1, 0.15) is 0 Å². The molecule has 2 aromatic carbocycles. The number of benzene rings is 2. The summed E-state index contributed by atoms with van der Waals surface area (Å²) in [6, 6.07) is 13.5. The number of hydrogen-bond acceptors (Lipinski definition) is 7. The number of piperidine rings is 1. The van der Waals surface area contributed by atoms with Crippen molar-refractivity contribution in [1.82, 2.24) is 34.6 Å². The first-order valence-corrected chi connectivity index (χ1v) is 17.7. The SMILES string of the molecule is O=C1NC(=O)[C@H]2[C@H]3C=C[C@@H]([C@@H]12)[C@@H]1[C@H]2C(=O)NC(=O)[C@H]2[C@H]31.O=c1[nH]c2ccccc2n1CCCN1CCC(n2c(=O)[nH]c3cc(Cl)ccc32)CC1. The van der Waals surface area contributed by atoms with Gasteiger partial charge >= 0.3 is 11.4 Å². The van der Waals surface area contributed by atoms with E-state index in [-0.39, 0.29) is 88.4 Å². The van der Waals surface area contributed by atoms with Crippen molar-refractivity contribution in [3.8, 4) is 0 Å². The number of fused-ring (bicyclic) bond motifs is 3. The van der Waals surface area contributed by atoms with E-state index in [2.05, 4.69) is 25.5 Å². The quantitative estimate of drug-likeness (QED) is 0.183. The number of para-hydroxylation sites is 2. The molecule has 7 aliphatic rings. The number of nitrogens with zero attached hydrogens (tertiary/aromatic N) is 3. The predicted molar refractivity (Wildman–Crippen MR) is 183 cm³/mol. The lowest BCUT2D eigenvalue weighted by Gasteiger charge is -2.60. The van der Waals surface area contributed by atoms with E-state index < -0.39 is 0 Å². The molecule has 14 heteroatoms. The average Bonchev–Trinajstić information content (AvgIpc) is 3.76. The number of imidazole rings is 2. The van der Waals surface area contributed by atoms with E-state index in [9.17, 15) is 28.8 Å². The monoisotopic (exact) mass is 697 g/mol. The van der Waals surface area contributed by atoms with E-state index in [1.54, 1.807) is 6.07 Å². The molecular weight excluding hydrogens is 662 g/mol. The summed E-state index contributed by atoms with van der Waals surface area (Å²) in [5, 5.41) is 5.44. The number of likely N-dealkylation sites (tertiary alicyclic amines) is 1. The van der Waals surface area contributed by atoms with Crippen molar-refractivity contribution in [2.24, 2.45) is 47.3 Å². The molecule has 258 valence electrons. The minimum atomic E-state index is -0.344. The number of carbonyl (C=O) groups is 4. The van der Waals surface area contributed by atoms with E-state index in [1.165, 1.54) is 0 Å². The molecule has 13 nitrogen and oxygen atoms in total. The number of H-pyrrole nitrogens is 2. The first-order valence-electron chi connectivity index (χ1n) is 17.4. The van der Waals surface area contributed by atoms with Crippen LogP contribution in [0.3, 0.4) is 0 Å². The number of rotatable bonds is 5. The Morgan fingerprint density at radius 2 is 1.26 bits per heavy atom. The second kappa shape index (κ2) is 11.7. The van der Waals surface area contributed by atoms with Crippen molar-refractivity contribution < 1.29 is 19.2 Å². The standard InChI is InChI=1S/C22H24ClN5O2.C14H12N2O4/c23-15-6-7-20-18(14-15)25-22(30)28(20)16-8-12-26(13-9-16)10-3-11-27-19-5-2-1-4-17(19)24-21(27)29;17-11-7-3-1-2-4(8(7)12(18)15-11)6-5(3)9-10(6)14(20)16-13(9)19/h1-2,4-7,14,16H,3,8-13H2,(H,24,29)(H,25,30);1-10H,(H,15,17,18)(H,16,19,20)/t;3-,4+,5+,6-,7-,8+,9-,10+. The molecule has 8 atom stereocenters. The molecule has 0 spiro atoms. The highest BCUT2D eigenvalue weighted by Crippen LogP contribution is 2.66. The van der Waals surface area contributed by atoms with Crippen molar-refractivity contribution in [2.75, 3.05) is 19.6 Å². The lowest BCUT2D eigenvalue weighted by molar-refractivity contribution is -0.166. The van der Waals surface area contributed by atoms with E-state index in [0.717, 1.165) is 61.0 Å². The van der Waals surface area contributed by atoms with Crippen molar-refractivity contribution in [2.45, 2.75) is 31.8 Å². The minimum Gasteiger partial charge on any atom is -0.306 e. The van der Waals surface area contributed by atoms with Gasteiger partial charge in [-0.15, -0.1) is 0 Å². The molecule has 2 bridgehead atoms. The fourth-order valence-corrected chi connectivity index (χ4v) is 10.3. The van der Waals surface area contributed by atoms with Gasteiger partial charge in [0.2, 0.25) is 23.6 Å². The number of aromatic nitrogens is 4. The van der Waals surface area contributed by atoms with E-state index in [1.807, 2.05) is 57.7 Å². The zero-order chi connectivity index (χ0) is 34.4. The topological polar surface area (TPSA) is 171 Å². The number of carbonyl (C=O) groups excluding carboxylic acids is 4. The Kier molecular flexibility index (Phi) is 7.29. The molecule has 4 aromatic rings. The molecular formula is C36H36ClN7O6. The molecule has 4 N–H and O–H groups in total. The number of imide groups is 2. The van der Waals surface area contributed by atoms with Crippen molar-refractivity contribution in [3.05, 3.63) is 80.6 Å². The second-order valence-electron chi connectivity index (χ2n) is 14.5. The van der Waals surface area contributed by atoms with Crippen LogP contribution in [0.5, 0.6) is 0 Å². The highest BCUT2D eigenvalue weighted by molar-refractivity contribution is 6.31. The smallest absolute Gasteiger partial charge is 0.306 e. The summed E-state index contributed by atoms with van der Waals surface area (Å²) >= 11 is 6.05. The Balaban J connectivity index is 0.000000145. The van der Waals surface area contributed by atoms with Crippen LogP contribution < -0.4 is 22.0 Å². The van der Waals surface area contributed by atoms with Crippen molar-refractivity contribution >= 4 is 57.3 Å². The summed E-state index contributed by atoms with van der Waals surface area (Å²) in [6.07, 6.45) is 6.75. The van der Waals surface area contributed by atoms with Gasteiger partial charge in [0.15, 0.2) is 0 Å². The maximum Gasteiger partial charge on any atom is 0.326 e. The molecule has 2 saturated carbocycles. The Morgan fingerprint density at radius 1 is 0.660 bits per heavy atom. The third-order valence-corrected chi connectivity index (χ3v) is 12.4. The first kappa shape index (κ1) is 31.2. The Bertz CT molecular complexity index is 2190. The average molecular weight is 698 g/mol. The lowest BCUT2D eigenvalue weighted by Crippen LogP contribution is -2.63. The minimum absolute atomic E-state index is 0.0411. The number of allylic oxidation sites excluding steroid dienone is 2. The van der Waals surface area contributed by atoms with Gasteiger partial charge in [0.05, 0.1) is 45.7 Å². The normalized spacial score (nSPS) is 31.2. The molecule has 0 unspecified atom stereocenters. The summed E-state index contributed by atoms with van der Waals surface area (Å²) < 4.78 is 3.70. The number of hydrogen-bond donors (Lipinski definition) is 4. The van der Waals surface area contributed by atoms with Crippen LogP contribution >= 0.6 is 11.6 Å². The van der Waals surface area contributed by atoms with Gasteiger partial charge in [-0.2, -0.15) is 0 Å². The van der Waals surface area contributed by atoms with E-state index in [0.29, 0.717) is 11.6 Å². The molecule has 4 amide bonds.